The maximum Gasteiger partial charge on any atom is 0.267 e. The van der Waals surface area contributed by atoms with E-state index in [-0.39, 0.29) is 5.69 Å². The first-order valence-corrected chi connectivity index (χ1v) is 6.41. The van der Waals surface area contributed by atoms with Crippen LogP contribution in [0.25, 0.3) is 0 Å². The van der Waals surface area contributed by atoms with E-state index in [2.05, 4.69) is 17.2 Å². The molecule has 5 N–H and O–H groups in total. The van der Waals surface area contributed by atoms with E-state index in [0.29, 0.717) is 23.5 Å². The number of carbonyl (C=O) groups excluding carboxylic acids is 1. The maximum atomic E-state index is 11.1. The zero-order valence-corrected chi connectivity index (χ0v) is 10.6. The second-order valence-electron chi connectivity index (χ2n) is 4.98. The molecular weight excluding hydrogens is 228 g/mol. The van der Waals surface area contributed by atoms with Gasteiger partial charge in [0.05, 0.1) is 5.69 Å². The van der Waals surface area contributed by atoms with Gasteiger partial charge in [-0.2, -0.15) is 0 Å². The van der Waals surface area contributed by atoms with Crippen LogP contribution in [0.3, 0.4) is 0 Å². The van der Waals surface area contributed by atoms with E-state index in [0.717, 1.165) is 0 Å². The summed E-state index contributed by atoms with van der Waals surface area (Å²) >= 11 is 0. The molecule has 1 unspecified atom stereocenters. The standard InChI is InChI=1S/C13H20N4O/c1-8(9-4-2-3-5-9)16-13-10(14)6-7-11(17-13)12(15)18/h6-9H,2-5,14H2,1H3,(H2,15,18)(H,16,17). The van der Waals surface area contributed by atoms with Crippen LogP contribution in [0, 0.1) is 5.92 Å². The highest BCUT2D eigenvalue weighted by Crippen LogP contribution is 2.29. The second-order valence-corrected chi connectivity index (χ2v) is 4.98. The van der Waals surface area contributed by atoms with Gasteiger partial charge in [0.15, 0.2) is 0 Å². The lowest BCUT2D eigenvalue weighted by Crippen LogP contribution is -2.25. The van der Waals surface area contributed by atoms with Gasteiger partial charge < -0.3 is 16.8 Å². The Morgan fingerprint density at radius 2 is 2.11 bits per heavy atom. The number of primary amides is 1. The average Bonchev–Trinajstić information content (AvgIpc) is 2.85. The Balaban J connectivity index is 2.12. The third-order valence-corrected chi connectivity index (χ3v) is 3.65. The fourth-order valence-electron chi connectivity index (χ4n) is 2.51. The number of amides is 1. The van der Waals surface area contributed by atoms with Crippen LogP contribution in [-0.2, 0) is 0 Å². The maximum absolute atomic E-state index is 11.1. The largest absolute Gasteiger partial charge is 0.396 e. The topological polar surface area (TPSA) is 94.0 Å². The summed E-state index contributed by atoms with van der Waals surface area (Å²) in [7, 11) is 0. The van der Waals surface area contributed by atoms with E-state index >= 15 is 0 Å². The monoisotopic (exact) mass is 248 g/mol. The van der Waals surface area contributed by atoms with Crippen molar-refractivity contribution in [2.24, 2.45) is 11.7 Å². The molecule has 0 aromatic carbocycles. The van der Waals surface area contributed by atoms with Gasteiger partial charge in [0, 0.05) is 6.04 Å². The number of carbonyl (C=O) groups is 1. The molecule has 1 aromatic heterocycles. The number of nitrogens with two attached hydrogens (primary N) is 2. The summed E-state index contributed by atoms with van der Waals surface area (Å²) in [5, 5.41) is 3.30. The van der Waals surface area contributed by atoms with Crippen molar-refractivity contribution in [2.75, 3.05) is 11.1 Å². The molecule has 0 spiro atoms. The summed E-state index contributed by atoms with van der Waals surface area (Å²) in [5.41, 5.74) is 11.9. The fourth-order valence-corrected chi connectivity index (χ4v) is 2.51. The number of hydrogen-bond acceptors (Lipinski definition) is 4. The van der Waals surface area contributed by atoms with Crippen molar-refractivity contribution in [1.29, 1.82) is 0 Å². The van der Waals surface area contributed by atoms with Gasteiger partial charge in [-0.05, 0) is 37.8 Å². The van der Waals surface area contributed by atoms with Crippen molar-refractivity contribution in [3.8, 4) is 0 Å². The average molecular weight is 248 g/mol. The third-order valence-electron chi connectivity index (χ3n) is 3.65. The molecule has 98 valence electrons. The molecule has 0 saturated heterocycles. The molecule has 1 aliphatic carbocycles. The predicted octanol–water partition coefficient (Wildman–Crippen LogP) is 1.75. The fraction of sp³-hybridized carbons (Fsp3) is 0.538. The molecular formula is C13H20N4O. The van der Waals surface area contributed by atoms with Crippen molar-refractivity contribution in [2.45, 2.75) is 38.6 Å². The molecule has 0 bridgehead atoms. The molecule has 1 aliphatic rings. The molecule has 1 atom stereocenters. The smallest absolute Gasteiger partial charge is 0.267 e. The van der Waals surface area contributed by atoms with Crippen LogP contribution in [0.5, 0.6) is 0 Å². The lowest BCUT2D eigenvalue weighted by Gasteiger charge is -2.21. The Morgan fingerprint density at radius 1 is 1.44 bits per heavy atom. The number of aromatic nitrogens is 1. The minimum atomic E-state index is -0.536. The molecule has 5 nitrogen and oxygen atoms in total. The van der Waals surface area contributed by atoms with E-state index in [1.807, 2.05) is 0 Å². The van der Waals surface area contributed by atoms with E-state index in [4.69, 9.17) is 11.5 Å². The lowest BCUT2D eigenvalue weighted by molar-refractivity contribution is 0.0995. The number of nitrogens with one attached hydrogen (secondary N) is 1. The molecule has 1 fully saturated rings. The SMILES string of the molecule is CC(Nc1nc(C(N)=O)ccc1N)C1CCCC1. The highest BCUT2D eigenvalue weighted by Gasteiger charge is 2.22. The first-order chi connectivity index (χ1) is 8.58. The summed E-state index contributed by atoms with van der Waals surface area (Å²) in [5.74, 6) is 0.681. The summed E-state index contributed by atoms with van der Waals surface area (Å²) in [6, 6.07) is 3.52. The Hall–Kier alpha value is -1.78. The summed E-state index contributed by atoms with van der Waals surface area (Å²) < 4.78 is 0. The first kappa shape index (κ1) is 12.7. The number of rotatable bonds is 4. The Morgan fingerprint density at radius 3 is 2.72 bits per heavy atom. The molecule has 1 heterocycles. The van der Waals surface area contributed by atoms with Gasteiger partial charge in [-0.25, -0.2) is 4.98 Å². The van der Waals surface area contributed by atoms with Gasteiger partial charge >= 0.3 is 0 Å². The number of pyridine rings is 1. The molecule has 0 aliphatic heterocycles. The van der Waals surface area contributed by atoms with Crippen LogP contribution in [-0.4, -0.2) is 16.9 Å². The molecule has 18 heavy (non-hydrogen) atoms. The molecule has 5 heteroatoms. The van der Waals surface area contributed by atoms with Gasteiger partial charge in [-0.15, -0.1) is 0 Å². The van der Waals surface area contributed by atoms with Crippen molar-refractivity contribution in [3.05, 3.63) is 17.8 Å². The highest BCUT2D eigenvalue weighted by atomic mass is 16.1. The quantitative estimate of drug-likeness (QED) is 0.756. The van der Waals surface area contributed by atoms with Crippen molar-refractivity contribution in [3.63, 3.8) is 0 Å². The number of nitrogen functional groups attached to an aromatic ring is 1. The van der Waals surface area contributed by atoms with Crippen LogP contribution in [0.4, 0.5) is 11.5 Å². The minimum absolute atomic E-state index is 0.241. The molecule has 1 aromatic rings. The van der Waals surface area contributed by atoms with Gasteiger partial charge in [0.1, 0.15) is 11.5 Å². The van der Waals surface area contributed by atoms with Gasteiger partial charge in [-0.1, -0.05) is 12.8 Å². The van der Waals surface area contributed by atoms with E-state index in [1.165, 1.54) is 25.7 Å². The van der Waals surface area contributed by atoms with Crippen molar-refractivity contribution < 1.29 is 4.79 Å². The zero-order chi connectivity index (χ0) is 13.1. The van der Waals surface area contributed by atoms with E-state index in [9.17, 15) is 4.79 Å². The first-order valence-electron chi connectivity index (χ1n) is 6.41. The van der Waals surface area contributed by atoms with Crippen LogP contribution < -0.4 is 16.8 Å². The second kappa shape index (κ2) is 5.25. The van der Waals surface area contributed by atoms with Crippen molar-refractivity contribution in [1.82, 2.24) is 4.98 Å². The molecule has 0 radical (unpaired) electrons. The van der Waals surface area contributed by atoms with Crippen molar-refractivity contribution >= 4 is 17.4 Å². The van der Waals surface area contributed by atoms with E-state index < -0.39 is 5.91 Å². The molecule has 2 rings (SSSR count). The summed E-state index contributed by atoms with van der Waals surface area (Å²) in [4.78, 5) is 15.3. The number of hydrogen-bond donors (Lipinski definition) is 3. The van der Waals surface area contributed by atoms with Crippen LogP contribution >= 0.6 is 0 Å². The highest BCUT2D eigenvalue weighted by molar-refractivity contribution is 5.91. The lowest BCUT2D eigenvalue weighted by atomic mass is 10.00. The number of anilines is 2. The molecule has 1 amide bonds. The Labute approximate surface area is 107 Å². The van der Waals surface area contributed by atoms with Crippen LogP contribution in [0.2, 0.25) is 0 Å². The Bertz CT molecular complexity index is 441. The van der Waals surface area contributed by atoms with Gasteiger partial charge in [-0.3, -0.25) is 4.79 Å². The van der Waals surface area contributed by atoms with Gasteiger partial charge in [0.2, 0.25) is 0 Å². The van der Waals surface area contributed by atoms with Gasteiger partial charge in [0.25, 0.3) is 5.91 Å². The normalized spacial score (nSPS) is 17.6. The van der Waals surface area contributed by atoms with Crippen LogP contribution in [0.1, 0.15) is 43.1 Å². The predicted molar refractivity (Wildman–Crippen MR) is 72.2 cm³/mol. The summed E-state index contributed by atoms with van der Waals surface area (Å²) in [6.07, 6.45) is 5.06. The van der Waals surface area contributed by atoms with Crippen LogP contribution in [0.15, 0.2) is 12.1 Å². The third kappa shape index (κ3) is 2.72. The summed E-state index contributed by atoms with van der Waals surface area (Å²) in [6.45, 7) is 2.13. The zero-order valence-electron chi connectivity index (χ0n) is 10.6. The minimum Gasteiger partial charge on any atom is -0.396 e. The molecule has 1 saturated carbocycles. The van der Waals surface area contributed by atoms with E-state index in [1.54, 1.807) is 12.1 Å². The number of nitrogens with zero attached hydrogens (tertiary/aromatic N) is 1. The Kier molecular flexibility index (Phi) is 3.69.